The summed E-state index contributed by atoms with van der Waals surface area (Å²) in [5, 5.41) is 1.04. The third-order valence-corrected chi connectivity index (χ3v) is 8.19. The average Bonchev–Trinajstić information content (AvgIpc) is 2.19. The summed E-state index contributed by atoms with van der Waals surface area (Å²) in [5.41, 5.74) is 1.16. The molecular formula is C14H22ClOSi. The molecule has 1 radical (unpaired) electrons. The highest BCUT2D eigenvalue weighted by Gasteiger charge is 2.36. The maximum atomic E-state index is 6.08. The minimum atomic E-state index is -1.63. The zero-order valence-electron chi connectivity index (χ0n) is 11.4. The van der Waals surface area contributed by atoms with Crippen LogP contribution in [-0.2, 0) is 4.43 Å². The highest BCUT2D eigenvalue weighted by atomic mass is 35.5. The van der Waals surface area contributed by atoms with Crippen molar-refractivity contribution in [3.63, 3.8) is 0 Å². The predicted molar refractivity (Wildman–Crippen MR) is 78.0 cm³/mol. The second-order valence-corrected chi connectivity index (χ2v) is 11.1. The van der Waals surface area contributed by atoms with E-state index in [2.05, 4.69) is 40.3 Å². The van der Waals surface area contributed by atoms with Gasteiger partial charge in [0.1, 0.15) is 0 Å². The van der Waals surface area contributed by atoms with Gasteiger partial charge in [-0.15, -0.1) is 0 Å². The lowest BCUT2D eigenvalue weighted by molar-refractivity contribution is 0.318. The summed E-state index contributed by atoms with van der Waals surface area (Å²) in [6, 6.07) is 7.83. The molecule has 1 aromatic carbocycles. The molecule has 0 saturated heterocycles. The molecule has 0 unspecified atom stereocenters. The van der Waals surface area contributed by atoms with Gasteiger partial charge in [0.25, 0.3) is 0 Å². The first-order chi connectivity index (χ1) is 7.72. The monoisotopic (exact) mass is 269 g/mol. The summed E-state index contributed by atoms with van der Waals surface area (Å²) in [4.78, 5) is 0. The third kappa shape index (κ3) is 4.45. The van der Waals surface area contributed by atoms with Crippen molar-refractivity contribution in [1.82, 2.24) is 0 Å². The normalized spacial score (nSPS) is 12.8. The van der Waals surface area contributed by atoms with Crippen molar-refractivity contribution < 1.29 is 4.43 Å². The lowest BCUT2D eigenvalue weighted by atomic mass is 10.2. The van der Waals surface area contributed by atoms with Crippen molar-refractivity contribution in [3.05, 3.63) is 41.3 Å². The summed E-state index contributed by atoms with van der Waals surface area (Å²) in [5.74, 6) is 0. The molecule has 95 valence electrons. The van der Waals surface area contributed by atoms with E-state index in [4.69, 9.17) is 16.0 Å². The van der Waals surface area contributed by atoms with Gasteiger partial charge >= 0.3 is 0 Å². The Hall–Kier alpha value is -0.313. The number of halogens is 1. The summed E-state index contributed by atoms with van der Waals surface area (Å²) < 4.78 is 6.08. The summed E-state index contributed by atoms with van der Waals surface area (Å²) in [7, 11) is -1.63. The fraction of sp³-hybridized carbons (Fsp3) is 0.500. The van der Waals surface area contributed by atoms with Crippen LogP contribution in [0.15, 0.2) is 24.3 Å². The summed E-state index contributed by atoms with van der Waals surface area (Å²) in [6.45, 7) is 12.0. The first-order valence-corrected chi connectivity index (χ1v) is 9.24. The maximum absolute atomic E-state index is 6.08. The number of rotatable bonds is 4. The van der Waals surface area contributed by atoms with Gasteiger partial charge in [-0.25, -0.2) is 0 Å². The molecule has 0 heterocycles. The van der Waals surface area contributed by atoms with Crippen molar-refractivity contribution in [1.29, 1.82) is 0 Å². The molecule has 0 aliphatic heterocycles. The molecule has 0 atom stereocenters. The van der Waals surface area contributed by atoms with Crippen molar-refractivity contribution in [2.75, 3.05) is 6.61 Å². The predicted octanol–water partition coefficient (Wildman–Crippen LogP) is 4.91. The van der Waals surface area contributed by atoms with Crippen LogP contribution in [0, 0.1) is 6.42 Å². The van der Waals surface area contributed by atoms with Gasteiger partial charge in [-0.2, -0.15) is 0 Å². The average molecular weight is 270 g/mol. The van der Waals surface area contributed by atoms with E-state index in [0.717, 1.165) is 10.6 Å². The Kier molecular flexibility index (Phi) is 4.82. The molecule has 17 heavy (non-hydrogen) atoms. The van der Waals surface area contributed by atoms with Crippen LogP contribution in [0.3, 0.4) is 0 Å². The zero-order valence-corrected chi connectivity index (χ0v) is 13.1. The van der Waals surface area contributed by atoms with Crippen molar-refractivity contribution in [2.45, 2.75) is 38.9 Å². The molecule has 0 spiro atoms. The van der Waals surface area contributed by atoms with E-state index < -0.39 is 8.32 Å². The SMILES string of the molecule is CC(C)(C)[Si](C)(C)OC[CH]c1ccc(Cl)cc1. The fourth-order valence-corrected chi connectivity index (χ4v) is 2.22. The molecular weight excluding hydrogens is 248 g/mol. The van der Waals surface area contributed by atoms with Crippen LogP contribution in [-0.4, -0.2) is 14.9 Å². The Morgan fingerprint density at radius 3 is 2.18 bits per heavy atom. The molecule has 1 aromatic rings. The van der Waals surface area contributed by atoms with E-state index in [0.29, 0.717) is 6.61 Å². The van der Waals surface area contributed by atoms with E-state index in [9.17, 15) is 0 Å². The fourth-order valence-electron chi connectivity index (χ4n) is 1.16. The minimum Gasteiger partial charge on any atom is -0.416 e. The lowest BCUT2D eigenvalue weighted by Crippen LogP contribution is -2.41. The Bertz CT molecular complexity index is 351. The molecule has 0 aliphatic carbocycles. The molecule has 3 heteroatoms. The molecule has 1 rings (SSSR count). The minimum absolute atomic E-state index is 0.265. The molecule has 0 saturated carbocycles. The molecule has 0 amide bonds. The Morgan fingerprint density at radius 1 is 1.18 bits per heavy atom. The van der Waals surface area contributed by atoms with Crippen LogP contribution < -0.4 is 0 Å². The van der Waals surface area contributed by atoms with Crippen molar-refractivity contribution in [3.8, 4) is 0 Å². The highest BCUT2D eigenvalue weighted by Crippen LogP contribution is 2.36. The van der Waals surface area contributed by atoms with Crippen LogP contribution >= 0.6 is 11.6 Å². The third-order valence-electron chi connectivity index (χ3n) is 3.44. The van der Waals surface area contributed by atoms with E-state index in [1.54, 1.807) is 0 Å². The first kappa shape index (κ1) is 14.7. The van der Waals surface area contributed by atoms with Gasteiger partial charge in [0.15, 0.2) is 8.32 Å². The van der Waals surface area contributed by atoms with Gasteiger partial charge in [-0.05, 0) is 35.8 Å². The van der Waals surface area contributed by atoms with Gasteiger partial charge in [-0.3, -0.25) is 0 Å². The molecule has 0 fully saturated rings. The molecule has 0 N–H and O–H groups in total. The van der Waals surface area contributed by atoms with Crippen LogP contribution in [0.25, 0.3) is 0 Å². The van der Waals surface area contributed by atoms with Gasteiger partial charge < -0.3 is 4.43 Å². The standard InChI is InChI=1S/C14H22ClOSi/c1-14(2,3)17(4,5)16-11-10-12-6-8-13(15)9-7-12/h6-10H,11H2,1-5H3. The van der Waals surface area contributed by atoms with Crippen molar-refractivity contribution in [2.24, 2.45) is 0 Å². The Balaban J connectivity index is 2.45. The Morgan fingerprint density at radius 2 is 1.71 bits per heavy atom. The number of hydrogen-bond acceptors (Lipinski definition) is 1. The maximum Gasteiger partial charge on any atom is 0.192 e. The topological polar surface area (TPSA) is 9.23 Å². The molecule has 0 bridgehead atoms. The van der Waals surface area contributed by atoms with Crippen molar-refractivity contribution >= 4 is 19.9 Å². The molecule has 1 nitrogen and oxygen atoms in total. The van der Waals surface area contributed by atoms with Crippen LogP contribution in [0.5, 0.6) is 0 Å². The van der Waals surface area contributed by atoms with Gasteiger partial charge in [-0.1, -0.05) is 44.5 Å². The second-order valence-electron chi connectivity index (χ2n) is 5.83. The first-order valence-electron chi connectivity index (χ1n) is 5.95. The van der Waals surface area contributed by atoms with Gasteiger partial charge in [0, 0.05) is 18.1 Å². The molecule has 0 aliphatic rings. The van der Waals surface area contributed by atoms with E-state index >= 15 is 0 Å². The van der Waals surface area contributed by atoms with E-state index in [-0.39, 0.29) is 5.04 Å². The molecule has 0 aromatic heterocycles. The van der Waals surface area contributed by atoms with Gasteiger partial charge in [0.2, 0.25) is 0 Å². The number of hydrogen-bond donors (Lipinski definition) is 0. The summed E-state index contributed by atoms with van der Waals surface area (Å²) >= 11 is 5.84. The smallest absolute Gasteiger partial charge is 0.192 e. The summed E-state index contributed by atoms with van der Waals surface area (Å²) in [6.07, 6.45) is 2.11. The quantitative estimate of drug-likeness (QED) is 0.706. The van der Waals surface area contributed by atoms with Gasteiger partial charge in [0.05, 0.1) is 0 Å². The van der Waals surface area contributed by atoms with E-state index in [1.165, 1.54) is 0 Å². The zero-order chi connectivity index (χ0) is 13.1. The Labute approximate surface area is 111 Å². The second kappa shape index (κ2) is 5.55. The lowest BCUT2D eigenvalue weighted by Gasteiger charge is -2.36. The van der Waals surface area contributed by atoms with Crippen LogP contribution in [0.1, 0.15) is 26.3 Å². The largest absolute Gasteiger partial charge is 0.416 e. The highest BCUT2D eigenvalue weighted by molar-refractivity contribution is 6.74. The van der Waals surface area contributed by atoms with Crippen LogP contribution in [0.4, 0.5) is 0 Å². The van der Waals surface area contributed by atoms with Crippen LogP contribution in [0.2, 0.25) is 23.2 Å². The number of benzene rings is 1. The van der Waals surface area contributed by atoms with E-state index in [1.807, 2.05) is 24.3 Å².